The van der Waals surface area contributed by atoms with Gasteiger partial charge in [-0.3, -0.25) is 0 Å². The molecule has 3 rings (SSSR count). The maximum absolute atomic E-state index is 3.16. The van der Waals surface area contributed by atoms with Gasteiger partial charge in [-0.05, 0) is 56.3 Å². The van der Waals surface area contributed by atoms with Gasteiger partial charge in [0.05, 0.1) is 0 Å². The molecular weight excluding hydrogens is 254 g/mol. The first-order valence-corrected chi connectivity index (χ1v) is 7.13. The van der Waals surface area contributed by atoms with Gasteiger partial charge in [0.25, 0.3) is 0 Å². The van der Waals surface area contributed by atoms with Gasteiger partial charge < -0.3 is 4.90 Å². The van der Waals surface area contributed by atoms with Crippen LogP contribution in [0.4, 0.5) is 17.1 Å². The maximum Gasteiger partial charge on any atom is 0.0467 e. The van der Waals surface area contributed by atoms with E-state index in [1.54, 1.807) is 0 Å². The predicted octanol–water partition coefficient (Wildman–Crippen LogP) is 5.57. The van der Waals surface area contributed by atoms with Crippen LogP contribution in [-0.2, 0) is 0 Å². The maximum atomic E-state index is 3.16. The predicted molar refractivity (Wildman–Crippen MR) is 89.4 cm³/mol. The average Bonchev–Trinajstić information content (AvgIpc) is 2.52. The van der Waals surface area contributed by atoms with E-state index >= 15 is 0 Å². The van der Waals surface area contributed by atoms with E-state index in [4.69, 9.17) is 0 Å². The van der Waals surface area contributed by atoms with Crippen molar-refractivity contribution in [1.29, 1.82) is 0 Å². The van der Waals surface area contributed by atoms with Crippen LogP contribution in [0.15, 0.2) is 72.8 Å². The fourth-order valence-corrected chi connectivity index (χ4v) is 2.36. The van der Waals surface area contributed by atoms with Crippen molar-refractivity contribution in [2.75, 3.05) is 4.90 Å². The lowest BCUT2D eigenvalue weighted by molar-refractivity contribution is 1.27. The minimum Gasteiger partial charge on any atom is -0.310 e. The van der Waals surface area contributed by atoms with Crippen LogP contribution in [-0.4, -0.2) is 0 Å². The lowest BCUT2D eigenvalue weighted by Gasteiger charge is -2.25. The summed E-state index contributed by atoms with van der Waals surface area (Å²) in [5.41, 5.74) is 5.96. The minimum atomic E-state index is 1.12. The third-order valence-electron chi connectivity index (χ3n) is 3.53. The van der Waals surface area contributed by atoms with Crippen molar-refractivity contribution >= 4 is 17.1 Å². The van der Waals surface area contributed by atoms with Crippen molar-refractivity contribution in [3.8, 4) is 0 Å². The van der Waals surface area contributed by atoms with Crippen molar-refractivity contribution in [1.82, 2.24) is 0 Å². The van der Waals surface area contributed by atoms with Crippen LogP contribution < -0.4 is 4.90 Å². The molecule has 0 aliphatic carbocycles. The molecule has 0 heterocycles. The highest BCUT2D eigenvalue weighted by Gasteiger charge is 2.11. The molecular formula is C20H18N. The first-order valence-electron chi connectivity index (χ1n) is 7.13. The Bertz CT molecular complexity index is 652. The molecule has 0 spiro atoms. The third-order valence-corrected chi connectivity index (χ3v) is 3.53. The Morgan fingerprint density at radius 3 is 1.62 bits per heavy atom. The third kappa shape index (κ3) is 2.97. The smallest absolute Gasteiger partial charge is 0.0467 e. The molecule has 1 heteroatoms. The topological polar surface area (TPSA) is 3.24 Å². The Balaban J connectivity index is 2.11. The Kier molecular flexibility index (Phi) is 3.74. The second-order valence-corrected chi connectivity index (χ2v) is 5.27. The molecule has 0 aliphatic heterocycles. The summed E-state index contributed by atoms with van der Waals surface area (Å²) in [5.74, 6) is 0. The number of nitrogens with zero attached hydrogens (tertiary/aromatic N) is 1. The van der Waals surface area contributed by atoms with Crippen LogP contribution in [0, 0.1) is 19.9 Å². The summed E-state index contributed by atoms with van der Waals surface area (Å²) >= 11 is 0. The van der Waals surface area contributed by atoms with E-state index in [1.807, 2.05) is 18.2 Å². The SMILES string of the molecule is Cc1ccc(N(c2c[c]ccc2)c2ccc(C)cc2)cc1. The first kappa shape index (κ1) is 13.4. The highest BCUT2D eigenvalue weighted by molar-refractivity contribution is 5.76. The number of hydrogen-bond donors (Lipinski definition) is 0. The number of anilines is 3. The summed E-state index contributed by atoms with van der Waals surface area (Å²) in [7, 11) is 0. The number of hydrogen-bond acceptors (Lipinski definition) is 1. The summed E-state index contributed by atoms with van der Waals surface area (Å²) < 4.78 is 0. The Labute approximate surface area is 126 Å². The van der Waals surface area contributed by atoms with Crippen LogP contribution >= 0.6 is 0 Å². The molecule has 0 unspecified atom stereocenters. The molecule has 0 atom stereocenters. The molecule has 103 valence electrons. The van der Waals surface area contributed by atoms with Crippen LogP contribution in [0.2, 0.25) is 0 Å². The van der Waals surface area contributed by atoms with Gasteiger partial charge in [-0.2, -0.15) is 0 Å². The Morgan fingerprint density at radius 1 is 0.667 bits per heavy atom. The van der Waals surface area contributed by atoms with Gasteiger partial charge in [0.1, 0.15) is 0 Å². The summed E-state index contributed by atoms with van der Waals surface area (Å²) in [6.07, 6.45) is 0. The van der Waals surface area contributed by atoms with Crippen molar-refractivity contribution in [2.45, 2.75) is 13.8 Å². The van der Waals surface area contributed by atoms with Crippen LogP contribution in [0.25, 0.3) is 0 Å². The van der Waals surface area contributed by atoms with Crippen molar-refractivity contribution in [2.24, 2.45) is 0 Å². The van der Waals surface area contributed by atoms with Crippen LogP contribution in [0.3, 0.4) is 0 Å². The molecule has 0 saturated carbocycles. The number of benzene rings is 3. The molecule has 1 nitrogen and oxygen atoms in total. The number of rotatable bonds is 3. The van der Waals surface area contributed by atoms with Gasteiger partial charge >= 0.3 is 0 Å². The van der Waals surface area contributed by atoms with E-state index in [1.165, 1.54) is 11.1 Å². The van der Waals surface area contributed by atoms with E-state index in [0.717, 1.165) is 17.1 Å². The molecule has 0 amide bonds. The lowest BCUT2D eigenvalue weighted by Crippen LogP contribution is -2.09. The largest absolute Gasteiger partial charge is 0.310 e. The van der Waals surface area contributed by atoms with Crippen molar-refractivity contribution < 1.29 is 0 Å². The van der Waals surface area contributed by atoms with Gasteiger partial charge in [-0.25, -0.2) is 0 Å². The zero-order valence-electron chi connectivity index (χ0n) is 12.4. The number of aryl methyl sites for hydroxylation is 2. The Hall–Kier alpha value is -2.54. The molecule has 1 radical (unpaired) electrons. The van der Waals surface area contributed by atoms with E-state index < -0.39 is 0 Å². The summed E-state index contributed by atoms with van der Waals surface area (Å²) in [4.78, 5) is 2.25. The summed E-state index contributed by atoms with van der Waals surface area (Å²) in [6.45, 7) is 4.21. The van der Waals surface area contributed by atoms with E-state index in [9.17, 15) is 0 Å². The van der Waals surface area contributed by atoms with E-state index in [2.05, 4.69) is 79.4 Å². The van der Waals surface area contributed by atoms with E-state index in [-0.39, 0.29) is 0 Å². The fourth-order valence-electron chi connectivity index (χ4n) is 2.36. The van der Waals surface area contributed by atoms with Gasteiger partial charge in [0, 0.05) is 17.1 Å². The molecule has 0 bridgehead atoms. The highest BCUT2D eigenvalue weighted by Crippen LogP contribution is 2.34. The zero-order valence-corrected chi connectivity index (χ0v) is 12.4. The monoisotopic (exact) mass is 272 g/mol. The minimum absolute atomic E-state index is 1.12. The normalized spacial score (nSPS) is 10.4. The van der Waals surface area contributed by atoms with Gasteiger partial charge in [-0.15, -0.1) is 0 Å². The van der Waals surface area contributed by atoms with Crippen LogP contribution in [0.1, 0.15) is 11.1 Å². The summed E-state index contributed by atoms with van der Waals surface area (Å²) in [6, 6.07) is 28.4. The summed E-state index contributed by atoms with van der Waals surface area (Å²) in [5, 5.41) is 0. The van der Waals surface area contributed by atoms with Crippen LogP contribution in [0.5, 0.6) is 0 Å². The second-order valence-electron chi connectivity index (χ2n) is 5.27. The lowest BCUT2D eigenvalue weighted by atomic mass is 10.1. The van der Waals surface area contributed by atoms with E-state index in [0.29, 0.717) is 0 Å². The highest BCUT2D eigenvalue weighted by atomic mass is 15.1. The quantitative estimate of drug-likeness (QED) is 0.602. The molecule has 0 N–H and O–H groups in total. The van der Waals surface area contributed by atoms with Crippen molar-refractivity contribution in [3.63, 3.8) is 0 Å². The molecule has 21 heavy (non-hydrogen) atoms. The molecule has 0 aromatic heterocycles. The van der Waals surface area contributed by atoms with Gasteiger partial charge in [-0.1, -0.05) is 47.5 Å². The standard InChI is InChI=1S/C20H18N/c1-16-8-12-19(13-9-16)21(18-6-4-3-5-7-18)20-14-10-17(2)11-15-20/h3-4,6-15H,1-2H3. The Morgan fingerprint density at radius 2 is 1.19 bits per heavy atom. The first-order chi connectivity index (χ1) is 10.2. The molecule has 3 aromatic rings. The molecule has 3 aromatic carbocycles. The molecule has 0 aliphatic rings. The second kappa shape index (κ2) is 5.84. The van der Waals surface area contributed by atoms with Gasteiger partial charge in [0.15, 0.2) is 0 Å². The molecule has 0 saturated heterocycles. The van der Waals surface area contributed by atoms with Crippen molar-refractivity contribution in [3.05, 3.63) is 90.0 Å². The fraction of sp³-hybridized carbons (Fsp3) is 0.100. The van der Waals surface area contributed by atoms with Gasteiger partial charge in [0.2, 0.25) is 0 Å². The average molecular weight is 272 g/mol. The molecule has 0 fully saturated rings. The zero-order chi connectivity index (χ0) is 14.7.